The Bertz CT molecular complexity index is 930. The van der Waals surface area contributed by atoms with Gasteiger partial charge in [0.2, 0.25) is 23.6 Å². The second-order valence-electron chi connectivity index (χ2n) is 8.05. The molecule has 2 heterocycles. The Kier molecular flexibility index (Phi) is 10.1. The normalized spacial score (nSPS) is 17.5. The number of carbonyl (C=O) groups is 6. The highest BCUT2D eigenvalue weighted by Crippen LogP contribution is 2.08. The van der Waals surface area contributed by atoms with E-state index in [1.165, 1.54) is 12.5 Å². The molecule has 1 fully saturated rings. The summed E-state index contributed by atoms with van der Waals surface area (Å²) in [5.74, 6) is -6.02. The van der Waals surface area contributed by atoms with E-state index < -0.39 is 66.2 Å². The zero-order chi connectivity index (χ0) is 26.0. The zero-order valence-corrected chi connectivity index (χ0v) is 18.8. The number of aliphatic carboxylic acids is 2. The molecule has 1 aliphatic rings. The first-order valence-electron chi connectivity index (χ1n) is 10.9. The summed E-state index contributed by atoms with van der Waals surface area (Å²) >= 11 is 0. The Labute approximate surface area is 199 Å². The van der Waals surface area contributed by atoms with E-state index in [1.54, 1.807) is 0 Å². The molecule has 0 saturated carbocycles. The summed E-state index contributed by atoms with van der Waals surface area (Å²) in [6, 6.07) is -4.80. The summed E-state index contributed by atoms with van der Waals surface area (Å²) in [4.78, 5) is 78.6. The van der Waals surface area contributed by atoms with E-state index in [9.17, 15) is 33.9 Å². The number of rotatable bonds is 14. The molecular formula is C20H29N7O8. The van der Waals surface area contributed by atoms with Gasteiger partial charge in [-0.2, -0.15) is 0 Å². The maximum atomic E-state index is 13.1. The number of imidazole rings is 1. The molecule has 0 spiro atoms. The van der Waals surface area contributed by atoms with Crippen molar-refractivity contribution in [3.05, 3.63) is 18.2 Å². The van der Waals surface area contributed by atoms with Crippen LogP contribution in [-0.2, 0) is 35.2 Å². The van der Waals surface area contributed by atoms with Crippen LogP contribution in [0.2, 0.25) is 0 Å². The number of hydrogen-bond acceptors (Lipinski definition) is 8. The first-order chi connectivity index (χ1) is 16.6. The van der Waals surface area contributed by atoms with Crippen LogP contribution in [0.3, 0.4) is 0 Å². The number of carboxylic acids is 2. The van der Waals surface area contributed by atoms with Crippen LogP contribution in [0.25, 0.3) is 0 Å². The maximum absolute atomic E-state index is 13.1. The van der Waals surface area contributed by atoms with Crippen molar-refractivity contribution in [2.45, 2.75) is 62.7 Å². The molecule has 4 unspecified atom stereocenters. The van der Waals surface area contributed by atoms with Gasteiger partial charge >= 0.3 is 11.9 Å². The number of nitrogens with zero attached hydrogens (tertiary/aromatic N) is 1. The Balaban J connectivity index is 2.17. The molecule has 1 saturated heterocycles. The molecule has 0 radical (unpaired) electrons. The average Bonchev–Trinajstić information content (AvgIpc) is 3.49. The fourth-order valence-electron chi connectivity index (χ4n) is 3.48. The molecule has 9 N–H and O–H groups in total. The van der Waals surface area contributed by atoms with Gasteiger partial charge in [0, 0.05) is 24.7 Å². The summed E-state index contributed by atoms with van der Waals surface area (Å²) in [7, 11) is 0. The summed E-state index contributed by atoms with van der Waals surface area (Å²) in [6.07, 6.45) is 2.75. The highest BCUT2D eigenvalue weighted by atomic mass is 16.4. The minimum absolute atomic E-state index is 0.00518. The third-order valence-electron chi connectivity index (χ3n) is 5.29. The van der Waals surface area contributed by atoms with E-state index in [2.05, 4.69) is 25.9 Å². The van der Waals surface area contributed by atoms with Gasteiger partial charge in [0.05, 0.1) is 18.8 Å². The predicted octanol–water partition coefficient (Wildman–Crippen LogP) is -3.02. The largest absolute Gasteiger partial charge is 0.481 e. The van der Waals surface area contributed by atoms with Crippen LogP contribution in [0.4, 0.5) is 0 Å². The van der Waals surface area contributed by atoms with Gasteiger partial charge in [0.15, 0.2) is 0 Å². The van der Waals surface area contributed by atoms with Crippen LogP contribution < -0.4 is 27.0 Å². The smallest absolute Gasteiger partial charge is 0.326 e. The molecule has 2 rings (SSSR count). The van der Waals surface area contributed by atoms with Crippen LogP contribution in [0.1, 0.15) is 37.8 Å². The van der Waals surface area contributed by atoms with Crippen molar-refractivity contribution >= 4 is 35.6 Å². The second-order valence-corrected chi connectivity index (χ2v) is 8.05. The number of nitrogens with one attached hydrogen (secondary N) is 5. The highest BCUT2D eigenvalue weighted by Gasteiger charge is 2.32. The van der Waals surface area contributed by atoms with Crippen molar-refractivity contribution in [1.82, 2.24) is 31.2 Å². The van der Waals surface area contributed by atoms with Gasteiger partial charge in [0.1, 0.15) is 18.1 Å². The lowest BCUT2D eigenvalue weighted by Crippen LogP contribution is -2.57. The third-order valence-corrected chi connectivity index (χ3v) is 5.29. The third kappa shape index (κ3) is 9.04. The number of hydrogen-bond donors (Lipinski definition) is 8. The minimum atomic E-state index is -1.76. The lowest BCUT2D eigenvalue weighted by molar-refractivity contribution is -0.147. The predicted molar refractivity (Wildman–Crippen MR) is 117 cm³/mol. The van der Waals surface area contributed by atoms with Crippen LogP contribution in [0.15, 0.2) is 12.5 Å². The molecule has 192 valence electrons. The van der Waals surface area contributed by atoms with Gasteiger partial charge in [-0.1, -0.05) is 0 Å². The molecule has 1 aromatic rings. The maximum Gasteiger partial charge on any atom is 0.326 e. The number of aromatic nitrogens is 2. The number of H-pyrrole nitrogens is 1. The van der Waals surface area contributed by atoms with E-state index >= 15 is 0 Å². The molecule has 35 heavy (non-hydrogen) atoms. The van der Waals surface area contributed by atoms with Gasteiger partial charge < -0.3 is 42.2 Å². The minimum Gasteiger partial charge on any atom is -0.481 e. The van der Waals surface area contributed by atoms with Crippen molar-refractivity contribution < 1.29 is 39.0 Å². The van der Waals surface area contributed by atoms with Gasteiger partial charge in [-0.3, -0.25) is 24.0 Å². The molecule has 1 aliphatic heterocycles. The zero-order valence-electron chi connectivity index (χ0n) is 18.8. The van der Waals surface area contributed by atoms with Crippen molar-refractivity contribution in [3.63, 3.8) is 0 Å². The lowest BCUT2D eigenvalue weighted by Gasteiger charge is -2.24. The monoisotopic (exact) mass is 495 g/mol. The van der Waals surface area contributed by atoms with E-state index in [1.807, 2.05) is 5.32 Å². The van der Waals surface area contributed by atoms with Crippen molar-refractivity contribution in [1.29, 1.82) is 0 Å². The van der Waals surface area contributed by atoms with Crippen LogP contribution >= 0.6 is 0 Å². The van der Waals surface area contributed by atoms with Crippen LogP contribution in [-0.4, -0.2) is 86.5 Å². The summed E-state index contributed by atoms with van der Waals surface area (Å²) < 4.78 is 0. The number of carbonyl (C=O) groups excluding carboxylic acids is 4. The molecule has 1 aromatic heterocycles. The van der Waals surface area contributed by atoms with Crippen molar-refractivity contribution in [2.75, 3.05) is 6.54 Å². The Morgan fingerprint density at radius 2 is 1.74 bits per heavy atom. The number of aromatic amines is 1. The Morgan fingerprint density at radius 1 is 1.06 bits per heavy atom. The molecule has 4 amide bonds. The van der Waals surface area contributed by atoms with Crippen LogP contribution in [0, 0.1) is 0 Å². The SMILES string of the molecule is NC(=O)CCC(NC(=O)C(Cc1cnc[nH]1)NC(=O)C1CCCN1)C(=O)NC(CC(=O)O)C(=O)O. The first-order valence-corrected chi connectivity index (χ1v) is 10.9. The number of amides is 4. The number of carboxylic acid groups (broad SMARTS) is 2. The summed E-state index contributed by atoms with van der Waals surface area (Å²) in [5, 5.41) is 28.2. The topological polar surface area (TPSA) is 246 Å². The van der Waals surface area contributed by atoms with Gasteiger partial charge in [-0.25, -0.2) is 9.78 Å². The lowest BCUT2D eigenvalue weighted by atomic mass is 10.1. The summed E-state index contributed by atoms with van der Waals surface area (Å²) in [5.41, 5.74) is 5.67. The molecule has 0 aliphatic carbocycles. The molecular weight excluding hydrogens is 466 g/mol. The van der Waals surface area contributed by atoms with E-state index in [-0.39, 0.29) is 19.3 Å². The Morgan fingerprint density at radius 3 is 2.29 bits per heavy atom. The number of nitrogens with two attached hydrogens (primary N) is 1. The van der Waals surface area contributed by atoms with Crippen LogP contribution in [0.5, 0.6) is 0 Å². The molecule has 4 atom stereocenters. The standard InChI is InChI=1S/C20H29N7O8/c21-15(28)4-3-12(18(32)27-14(20(34)35)7-16(29)30)25-19(33)13(6-10-8-22-9-24-10)26-17(31)11-2-1-5-23-11/h8-9,11-14,23H,1-7H2,(H2,21,28)(H,22,24)(H,25,33)(H,26,31)(H,27,32)(H,29,30)(H,34,35). The van der Waals surface area contributed by atoms with E-state index in [0.29, 0.717) is 18.7 Å². The van der Waals surface area contributed by atoms with Gasteiger partial charge in [-0.15, -0.1) is 0 Å². The Hall–Kier alpha value is -4.01. The van der Waals surface area contributed by atoms with Crippen molar-refractivity contribution in [2.24, 2.45) is 5.73 Å². The molecule has 0 aromatic carbocycles. The van der Waals surface area contributed by atoms with Crippen molar-refractivity contribution in [3.8, 4) is 0 Å². The quantitative estimate of drug-likeness (QED) is 0.130. The fraction of sp³-hybridized carbons (Fsp3) is 0.550. The second kappa shape index (κ2) is 13.0. The molecule has 15 heteroatoms. The first kappa shape index (κ1) is 27.2. The summed E-state index contributed by atoms with van der Waals surface area (Å²) in [6.45, 7) is 0.659. The fourth-order valence-corrected chi connectivity index (χ4v) is 3.48. The molecule has 15 nitrogen and oxygen atoms in total. The average molecular weight is 495 g/mol. The van der Waals surface area contributed by atoms with E-state index in [0.717, 1.165) is 6.42 Å². The van der Waals surface area contributed by atoms with Gasteiger partial charge in [0.25, 0.3) is 0 Å². The van der Waals surface area contributed by atoms with E-state index in [4.69, 9.17) is 10.8 Å². The highest BCUT2D eigenvalue weighted by molar-refractivity contribution is 5.95. The number of primary amides is 1. The molecule has 0 bridgehead atoms. The van der Waals surface area contributed by atoms with Gasteiger partial charge in [-0.05, 0) is 25.8 Å².